The van der Waals surface area contributed by atoms with Crippen molar-refractivity contribution in [1.29, 1.82) is 0 Å². The predicted molar refractivity (Wildman–Crippen MR) is 165 cm³/mol. The number of fused-ring (bicyclic) bond motifs is 4. The number of aliphatic hydroxyl groups excluding tert-OH is 4. The minimum absolute atomic E-state index is 0.344. The normalized spacial score (nSPS) is 21.2. The molecule has 0 saturated carbocycles. The Labute approximate surface area is 269 Å². The number of aromatic hydroxyl groups is 7. The molecule has 0 aliphatic carbocycles. The van der Waals surface area contributed by atoms with E-state index < -0.39 is 144 Å². The van der Waals surface area contributed by atoms with E-state index in [0.29, 0.717) is 0 Å². The Kier molecular flexibility index (Phi) is 7.12. The minimum atomic E-state index is -1.89. The van der Waals surface area contributed by atoms with Gasteiger partial charge in [-0.1, -0.05) is 0 Å². The highest BCUT2D eigenvalue weighted by molar-refractivity contribution is 6.06. The first-order valence-electron chi connectivity index (χ1n) is 14.3. The van der Waals surface area contributed by atoms with Gasteiger partial charge in [-0.3, -0.25) is 9.59 Å². The summed E-state index contributed by atoms with van der Waals surface area (Å²) in [5, 5.41) is 113. The molecule has 2 aromatic heterocycles. The van der Waals surface area contributed by atoms with Crippen LogP contribution in [0.2, 0.25) is 0 Å². The van der Waals surface area contributed by atoms with Crippen LogP contribution in [0.5, 0.6) is 46.0 Å². The van der Waals surface area contributed by atoms with Gasteiger partial charge in [-0.25, -0.2) is 0 Å². The predicted octanol–water partition coefficient (Wildman–Crippen LogP) is 0.991. The number of rotatable bonds is 4. The molecule has 1 aliphatic rings. The van der Waals surface area contributed by atoms with Gasteiger partial charge in [-0.15, -0.1) is 0 Å². The Morgan fingerprint density at radius 3 is 1.98 bits per heavy atom. The average molecular weight is 681 g/mol. The van der Waals surface area contributed by atoms with Crippen LogP contribution >= 0.6 is 0 Å². The number of benzene rings is 4. The van der Waals surface area contributed by atoms with Crippen LogP contribution < -0.4 is 15.6 Å². The van der Waals surface area contributed by atoms with Gasteiger partial charge in [0, 0.05) is 23.8 Å². The van der Waals surface area contributed by atoms with E-state index in [-0.39, 0.29) is 5.58 Å². The third-order valence-electron chi connectivity index (χ3n) is 8.33. The van der Waals surface area contributed by atoms with E-state index in [1.165, 1.54) is 0 Å². The average Bonchev–Trinajstić information content (AvgIpc) is 3.04. The van der Waals surface area contributed by atoms with Crippen LogP contribution in [0.4, 0.5) is 0 Å². The van der Waals surface area contributed by atoms with E-state index in [1.54, 1.807) is 0 Å². The summed E-state index contributed by atoms with van der Waals surface area (Å²) in [6, 6.07) is 5.56. The van der Waals surface area contributed by atoms with Gasteiger partial charge in [0.25, 0.3) is 0 Å². The fourth-order valence-corrected chi connectivity index (χ4v) is 5.97. The smallest absolute Gasteiger partial charge is 0.229 e. The molecular formula is C32H24O17. The SMILES string of the molecule is O=c1c2c(O)c(-c3cc(O)c4oc5cc(O)cc(O)c5c(=O)c4c3O)c(O)cc2oc2c(O)ccc(O[C@@H]3O[C@H](CO)[C@@H](O)[C@H](O)[C@H]3O)c12. The molecule has 1 aliphatic heterocycles. The van der Waals surface area contributed by atoms with Crippen LogP contribution in [0, 0.1) is 0 Å². The van der Waals surface area contributed by atoms with E-state index in [2.05, 4.69) is 0 Å². The number of hydrogen-bond donors (Lipinski definition) is 11. The van der Waals surface area contributed by atoms with Gasteiger partial charge in [-0.2, -0.15) is 0 Å². The molecule has 1 saturated heterocycles. The molecule has 0 amide bonds. The third-order valence-corrected chi connectivity index (χ3v) is 8.33. The first-order chi connectivity index (χ1) is 23.2. The molecule has 49 heavy (non-hydrogen) atoms. The maximum absolute atomic E-state index is 14.0. The molecule has 6 aromatic rings. The van der Waals surface area contributed by atoms with Crippen molar-refractivity contribution in [2.75, 3.05) is 6.61 Å². The van der Waals surface area contributed by atoms with Crippen molar-refractivity contribution in [3.05, 3.63) is 56.8 Å². The van der Waals surface area contributed by atoms with Crippen LogP contribution in [0.3, 0.4) is 0 Å². The maximum Gasteiger partial charge on any atom is 0.229 e. The highest BCUT2D eigenvalue weighted by atomic mass is 16.7. The first-order valence-corrected chi connectivity index (χ1v) is 14.3. The molecule has 17 heteroatoms. The van der Waals surface area contributed by atoms with Crippen LogP contribution in [0.25, 0.3) is 55.0 Å². The van der Waals surface area contributed by atoms with Crippen molar-refractivity contribution < 1.29 is 74.5 Å². The van der Waals surface area contributed by atoms with Crippen LogP contribution in [-0.2, 0) is 4.74 Å². The van der Waals surface area contributed by atoms with E-state index in [9.17, 15) is 65.8 Å². The number of phenols is 7. The molecule has 0 unspecified atom stereocenters. The maximum atomic E-state index is 14.0. The van der Waals surface area contributed by atoms with E-state index in [0.717, 1.165) is 36.4 Å². The second-order valence-electron chi connectivity index (χ2n) is 11.3. The van der Waals surface area contributed by atoms with Crippen molar-refractivity contribution in [1.82, 2.24) is 0 Å². The Bertz CT molecular complexity index is 2480. The Hall–Kier alpha value is -5.98. The lowest BCUT2D eigenvalue weighted by atomic mass is 9.96. The molecule has 0 radical (unpaired) electrons. The Morgan fingerprint density at radius 1 is 0.633 bits per heavy atom. The Morgan fingerprint density at radius 2 is 1.29 bits per heavy atom. The summed E-state index contributed by atoms with van der Waals surface area (Å²) < 4.78 is 22.1. The van der Waals surface area contributed by atoms with Gasteiger partial charge in [0.15, 0.2) is 22.7 Å². The summed E-state index contributed by atoms with van der Waals surface area (Å²) in [7, 11) is 0. The lowest BCUT2D eigenvalue weighted by Gasteiger charge is -2.39. The first kappa shape index (κ1) is 31.6. The summed E-state index contributed by atoms with van der Waals surface area (Å²) in [6.45, 7) is -0.784. The quantitative estimate of drug-likeness (QED) is 0.0913. The van der Waals surface area contributed by atoms with Gasteiger partial charge < -0.3 is 74.5 Å². The zero-order valence-corrected chi connectivity index (χ0v) is 24.4. The lowest BCUT2D eigenvalue weighted by molar-refractivity contribution is -0.277. The van der Waals surface area contributed by atoms with E-state index in [4.69, 9.17) is 18.3 Å². The summed E-state index contributed by atoms with van der Waals surface area (Å²) in [4.78, 5) is 27.4. The highest BCUT2D eigenvalue weighted by Crippen LogP contribution is 2.50. The van der Waals surface area contributed by atoms with Gasteiger partial charge in [-0.05, 0) is 18.2 Å². The molecule has 254 valence electrons. The summed E-state index contributed by atoms with van der Waals surface area (Å²) in [6.07, 6.45) is -8.60. The molecule has 0 bridgehead atoms. The molecule has 5 atom stereocenters. The van der Waals surface area contributed by atoms with Gasteiger partial charge in [0.2, 0.25) is 17.1 Å². The zero-order valence-electron chi connectivity index (χ0n) is 24.4. The van der Waals surface area contributed by atoms with Crippen molar-refractivity contribution in [3.8, 4) is 57.1 Å². The van der Waals surface area contributed by atoms with Crippen LogP contribution in [-0.4, -0.2) is 93.5 Å². The second kappa shape index (κ2) is 11.0. The third kappa shape index (κ3) is 4.60. The van der Waals surface area contributed by atoms with E-state index >= 15 is 0 Å². The van der Waals surface area contributed by atoms with Gasteiger partial charge >= 0.3 is 0 Å². The monoisotopic (exact) mass is 680 g/mol. The van der Waals surface area contributed by atoms with Crippen LogP contribution in [0.1, 0.15) is 0 Å². The van der Waals surface area contributed by atoms with Gasteiger partial charge in [0.05, 0.1) is 12.2 Å². The molecule has 0 spiro atoms. The molecular weight excluding hydrogens is 656 g/mol. The van der Waals surface area contributed by atoms with Crippen molar-refractivity contribution >= 4 is 43.9 Å². The number of aliphatic hydroxyl groups is 4. The number of phenolic OH excluding ortho intramolecular Hbond substituents is 7. The largest absolute Gasteiger partial charge is 0.508 e. The number of ether oxygens (including phenoxy) is 2. The van der Waals surface area contributed by atoms with E-state index in [1.807, 2.05) is 0 Å². The summed E-state index contributed by atoms with van der Waals surface area (Å²) in [5.74, 6) is -5.87. The lowest BCUT2D eigenvalue weighted by Crippen LogP contribution is -2.60. The molecule has 4 aromatic carbocycles. The standard InChI is InChI=1S/C32H24O17/c33-7-17-24(40)28(44)29(45)32(49-17)48-14-2-1-10(35)30-21(14)27(43)20-16(47-30)6-12(37)18(25(20)41)9-5-13(38)31-22(23(9)39)26(42)19-11(36)3-8(34)4-15(19)46-31/h1-6,17,24,28-29,32-41,44-45H,7H2/t17-,24-,28+,29-,32-/m1/s1. The summed E-state index contributed by atoms with van der Waals surface area (Å²) in [5.41, 5.74) is -5.38. The molecule has 3 heterocycles. The van der Waals surface area contributed by atoms with Crippen molar-refractivity contribution in [2.45, 2.75) is 30.7 Å². The number of hydrogen-bond acceptors (Lipinski definition) is 17. The minimum Gasteiger partial charge on any atom is -0.508 e. The zero-order chi connectivity index (χ0) is 35.2. The van der Waals surface area contributed by atoms with Crippen molar-refractivity contribution in [2.24, 2.45) is 0 Å². The summed E-state index contributed by atoms with van der Waals surface area (Å²) >= 11 is 0. The van der Waals surface area contributed by atoms with Crippen molar-refractivity contribution in [3.63, 3.8) is 0 Å². The Balaban J connectivity index is 1.46. The molecule has 11 N–H and O–H groups in total. The molecule has 7 rings (SSSR count). The highest BCUT2D eigenvalue weighted by Gasteiger charge is 2.45. The fraction of sp³-hybridized carbons (Fsp3) is 0.188. The second-order valence-corrected chi connectivity index (χ2v) is 11.3. The topological polar surface area (TPSA) is 301 Å². The van der Waals surface area contributed by atoms with Gasteiger partial charge in [0.1, 0.15) is 91.6 Å². The molecule has 17 nitrogen and oxygen atoms in total. The van der Waals surface area contributed by atoms with Crippen LogP contribution in [0.15, 0.2) is 54.8 Å². The fourth-order valence-electron chi connectivity index (χ4n) is 5.97. The molecule has 1 fully saturated rings.